The summed E-state index contributed by atoms with van der Waals surface area (Å²) < 4.78 is 0. The van der Waals surface area contributed by atoms with E-state index in [-0.39, 0.29) is 28.9 Å². The number of amides is 2. The van der Waals surface area contributed by atoms with Crippen molar-refractivity contribution in [2.75, 3.05) is 11.9 Å². The lowest BCUT2D eigenvalue weighted by atomic mass is 10.1. The predicted octanol–water partition coefficient (Wildman–Crippen LogP) is 3.81. The third-order valence-corrected chi connectivity index (χ3v) is 5.17. The normalized spacial score (nSPS) is 10.7. The first-order chi connectivity index (χ1) is 12.6. The highest BCUT2D eigenvalue weighted by molar-refractivity contribution is 7.15. The van der Waals surface area contributed by atoms with Crippen molar-refractivity contribution in [1.82, 2.24) is 9.88 Å². The van der Waals surface area contributed by atoms with Crippen molar-refractivity contribution in [3.63, 3.8) is 0 Å². The largest absolute Gasteiger partial charge is 0.327 e. The number of aromatic nitrogens is 1. The van der Waals surface area contributed by atoms with Crippen LogP contribution in [-0.4, -0.2) is 39.2 Å². The molecule has 0 radical (unpaired) electrons. The fraction of sp³-hybridized carbons (Fsp3) is 0.353. The van der Waals surface area contributed by atoms with Crippen LogP contribution in [0, 0.1) is 24.0 Å². The molecule has 1 aromatic carbocycles. The lowest BCUT2D eigenvalue weighted by molar-refractivity contribution is -0.384. The first kappa shape index (κ1) is 20.8. The number of halogens is 1. The second-order valence-corrected chi connectivity index (χ2v) is 7.77. The van der Waals surface area contributed by atoms with E-state index in [1.165, 1.54) is 28.4 Å². The van der Waals surface area contributed by atoms with Crippen LogP contribution in [0.4, 0.5) is 10.8 Å². The van der Waals surface area contributed by atoms with Gasteiger partial charge in [-0.2, -0.15) is 0 Å². The summed E-state index contributed by atoms with van der Waals surface area (Å²) in [5, 5.41) is 14.1. The van der Waals surface area contributed by atoms with Crippen LogP contribution in [0.15, 0.2) is 18.2 Å². The van der Waals surface area contributed by atoms with Crippen molar-refractivity contribution in [2.24, 2.45) is 0 Å². The molecular weight excluding hydrogens is 392 g/mol. The SMILES string of the molecule is Cc1nc(NC(=O)CN(C(=O)c2ccc(Cl)c([N+](=O)[O-])c2)C(C)C)sc1C. The van der Waals surface area contributed by atoms with Gasteiger partial charge in [0, 0.05) is 22.5 Å². The summed E-state index contributed by atoms with van der Waals surface area (Å²) in [7, 11) is 0. The fourth-order valence-corrected chi connectivity index (χ4v) is 3.30. The fourth-order valence-electron chi connectivity index (χ4n) is 2.28. The van der Waals surface area contributed by atoms with Crippen LogP contribution in [0.3, 0.4) is 0 Å². The van der Waals surface area contributed by atoms with Gasteiger partial charge in [-0.25, -0.2) is 4.98 Å². The Balaban J connectivity index is 2.19. The lowest BCUT2D eigenvalue weighted by Crippen LogP contribution is -2.42. The molecule has 0 spiro atoms. The molecule has 10 heteroatoms. The number of carbonyl (C=O) groups is 2. The van der Waals surface area contributed by atoms with E-state index in [4.69, 9.17) is 11.6 Å². The number of benzene rings is 1. The number of nitrogens with one attached hydrogen (secondary N) is 1. The number of hydrogen-bond acceptors (Lipinski definition) is 6. The number of thiazole rings is 1. The summed E-state index contributed by atoms with van der Waals surface area (Å²) in [6.45, 7) is 7.06. The number of nitrogens with zero attached hydrogens (tertiary/aromatic N) is 3. The highest BCUT2D eigenvalue weighted by Gasteiger charge is 2.24. The molecule has 1 N–H and O–H groups in total. The van der Waals surface area contributed by atoms with Gasteiger partial charge in [-0.1, -0.05) is 11.6 Å². The molecule has 0 saturated carbocycles. The number of anilines is 1. The van der Waals surface area contributed by atoms with E-state index in [2.05, 4.69) is 10.3 Å². The summed E-state index contributed by atoms with van der Waals surface area (Å²) in [6, 6.07) is 3.52. The third-order valence-electron chi connectivity index (χ3n) is 3.86. The lowest BCUT2D eigenvalue weighted by Gasteiger charge is -2.26. The zero-order valence-electron chi connectivity index (χ0n) is 15.3. The van der Waals surface area contributed by atoms with Crippen LogP contribution in [0.2, 0.25) is 5.02 Å². The predicted molar refractivity (Wildman–Crippen MR) is 104 cm³/mol. The molecule has 0 saturated heterocycles. The summed E-state index contributed by atoms with van der Waals surface area (Å²) in [6.07, 6.45) is 0. The average Bonchev–Trinajstić information content (AvgIpc) is 2.89. The molecule has 0 unspecified atom stereocenters. The molecule has 0 atom stereocenters. The molecule has 0 aliphatic rings. The highest BCUT2D eigenvalue weighted by atomic mass is 35.5. The maximum Gasteiger partial charge on any atom is 0.288 e. The number of carbonyl (C=O) groups excluding carboxylic acids is 2. The van der Waals surface area contributed by atoms with E-state index in [1.54, 1.807) is 13.8 Å². The Bertz CT molecular complexity index is 878. The highest BCUT2D eigenvalue weighted by Crippen LogP contribution is 2.26. The van der Waals surface area contributed by atoms with Crippen molar-refractivity contribution in [2.45, 2.75) is 33.7 Å². The van der Waals surface area contributed by atoms with Crippen LogP contribution >= 0.6 is 22.9 Å². The Labute approximate surface area is 165 Å². The van der Waals surface area contributed by atoms with Gasteiger partial charge in [-0.15, -0.1) is 11.3 Å². The van der Waals surface area contributed by atoms with E-state index < -0.39 is 16.7 Å². The number of nitro groups is 1. The van der Waals surface area contributed by atoms with E-state index in [9.17, 15) is 19.7 Å². The molecule has 0 aliphatic heterocycles. The van der Waals surface area contributed by atoms with Crippen LogP contribution in [-0.2, 0) is 4.79 Å². The van der Waals surface area contributed by atoms with Crippen molar-refractivity contribution in [3.05, 3.63) is 49.5 Å². The molecule has 2 aromatic rings. The molecule has 27 heavy (non-hydrogen) atoms. The molecule has 2 amide bonds. The molecular formula is C17H19ClN4O4S. The Morgan fingerprint density at radius 2 is 2.04 bits per heavy atom. The Hall–Kier alpha value is -2.52. The van der Waals surface area contributed by atoms with Crippen LogP contribution in [0.25, 0.3) is 0 Å². The maximum absolute atomic E-state index is 12.8. The summed E-state index contributed by atoms with van der Waals surface area (Å²) in [5.41, 5.74) is 0.568. The number of aryl methyl sites for hydroxylation is 2. The van der Waals surface area contributed by atoms with E-state index in [1.807, 2.05) is 13.8 Å². The van der Waals surface area contributed by atoms with Gasteiger partial charge in [0.05, 0.1) is 10.6 Å². The van der Waals surface area contributed by atoms with Crippen LogP contribution in [0.5, 0.6) is 0 Å². The zero-order valence-corrected chi connectivity index (χ0v) is 16.8. The minimum atomic E-state index is -0.654. The topological polar surface area (TPSA) is 105 Å². The van der Waals surface area contributed by atoms with Gasteiger partial charge < -0.3 is 10.2 Å². The Morgan fingerprint density at radius 3 is 2.56 bits per heavy atom. The second kappa shape index (κ2) is 8.45. The van der Waals surface area contributed by atoms with E-state index in [0.717, 1.165) is 16.6 Å². The molecule has 144 valence electrons. The monoisotopic (exact) mass is 410 g/mol. The first-order valence-electron chi connectivity index (χ1n) is 8.09. The van der Waals surface area contributed by atoms with Crippen LogP contribution < -0.4 is 5.32 Å². The summed E-state index contributed by atoms with van der Waals surface area (Å²) in [4.78, 5) is 42.1. The van der Waals surface area contributed by atoms with Gasteiger partial charge in [0.25, 0.3) is 11.6 Å². The van der Waals surface area contributed by atoms with Crippen LogP contribution in [0.1, 0.15) is 34.8 Å². The Kier molecular flexibility index (Phi) is 6.50. The molecule has 0 bridgehead atoms. The minimum absolute atomic E-state index is 0.0556. The number of rotatable bonds is 6. The van der Waals surface area contributed by atoms with Gasteiger partial charge in [0.1, 0.15) is 11.6 Å². The molecule has 1 heterocycles. The molecule has 1 aromatic heterocycles. The van der Waals surface area contributed by atoms with Gasteiger partial charge in [-0.05, 0) is 39.8 Å². The van der Waals surface area contributed by atoms with E-state index >= 15 is 0 Å². The molecule has 2 rings (SSSR count). The smallest absolute Gasteiger partial charge is 0.288 e. The number of hydrogen-bond donors (Lipinski definition) is 1. The van der Waals surface area contributed by atoms with E-state index in [0.29, 0.717) is 5.13 Å². The Morgan fingerprint density at radius 1 is 1.37 bits per heavy atom. The summed E-state index contributed by atoms with van der Waals surface area (Å²) >= 11 is 7.14. The van der Waals surface area contributed by atoms with Gasteiger partial charge in [0.2, 0.25) is 5.91 Å². The zero-order chi connectivity index (χ0) is 20.3. The number of nitro benzene ring substituents is 1. The van der Waals surface area contributed by atoms with Crippen molar-refractivity contribution >= 4 is 45.6 Å². The quantitative estimate of drug-likeness (QED) is 0.575. The van der Waals surface area contributed by atoms with Crippen molar-refractivity contribution < 1.29 is 14.5 Å². The molecule has 0 fully saturated rings. The van der Waals surface area contributed by atoms with Gasteiger partial charge >= 0.3 is 0 Å². The first-order valence-corrected chi connectivity index (χ1v) is 9.28. The maximum atomic E-state index is 12.8. The van der Waals surface area contributed by atoms with Crippen molar-refractivity contribution in [3.8, 4) is 0 Å². The summed E-state index contributed by atoms with van der Waals surface area (Å²) in [5.74, 6) is -0.888. The molecule has 0 aliphatic carbocycles. The van der Waals surface area contributed by atoms with Gasteiger partial charge in [-0.3, -0.25) is 19.7 Å². The van der Waals surface area contributed by atoms with Gasteiger partial charge in [0.15, 0.2) is 5.13 Å². The second-order valence-electron chi connectivity index (χ2n) is 6.16. The average molecular weight is 411 g/mol. The minimum Gasteiger partial charge on any atom is -0.327 e. The molecule has 8 nitrogen and oxygen atoms in total. The third kappa shape index (κ3) is 5.01. The standard InChI is InChI=1S/C17H19ClN4O4S/c1-9(2)21(8-15(23)20-17-19-10(3)11(4)27-17)16(24)12-5-6-13(18)14(7-12)22(25)26/h5-7,9H,8H2,1-4H3,(H,19,20,23). The van der Waals surface area contributed by atoms with Crippen molar-refractivity contribution in [1.29, 1.82) is 0 Å².